The number of rotatable bonds is 79. The Kier molecular flexibility index (Phi) is 77.8. The van der Waals surface area contributed by atoms with E-state index in [0.717, 1.165) is 38.5 Å². The van der Waals surface area contributed by atoms with E-state index >= 15 is 0 Å². The number of carbonyl (C=O) groups excluding carboxylic acids is 2. The first kappa shape index (κ1) is 87.6. The Morgan fingerprint density at radius 1 is 0.303 bits per heavy atom. The van der Waals surface area contributed by atoms with E-state index in [4.69, 9.17) is 4.74 Å². The van der Waals surface area contributed by atoms with Crippen LogP contribution in [0.4, 0.5) is 0 Å². The van der Waals surface area contributed by atoms with Gasteiger partial charge in [-0.05, 0) is 32.1 Å². The van der Waals surface area contributed by atoms with Crippen molar-refractivity contribution in [3.05, 3.63) is 12.2 Å². The van der Waals surface area contributed by atoms with Crippen LogP contribution in [0.2, 0.25) is 0 Å². The molecule has 0 heterocycles. The number of amides is 1. The summed E-state index contributed by atoms with van der Waals surface area (Å²) in [5, 5.41) is 23.3. The molecule has 1 amide bonds. The molecule has 2 atom stereocenters. The smallest absolute Gasteiger partial charge is 0.305 e. The average Bonchev–Trinajstić information content (AvgIpc) is 3.57. The first-order chi connectivity index (χ1) is 44.0. The predicted molar refractivity (Wildman–Crippen MR) is 394 cm³/mol. The fourth-order valence-electron chi connectivity index (χ4n) is 13.5. The van der Waals surface area contributed by atoms with Crippen LogP contribution in [0.3, 0.4) is 0 Å². The molecule has 0 rings (SSSR count). The van der Waals surface area contributed by atoms with Gasteiger partial charge in [0.15, 0.2) is 0 Å². The molecule has 0 aliphatic heterocycles. The number of unbranched alkanes of at least 4 members (excludes halogenated alkanes) is 68. The number of allylic oxidation sites excluding steroid dienone is 1. The van der Waals surface area contributed by atoms with E-state index in [2.05, 4.69) is 19.2 Å². The molecule has 0 aliphatic carbocycles. The normalized spacial score (nSPS) is 12.4. The van der Waals surface area contributed by atoms with E-state index in [0.29, 0.717) is 19.4 Å². The van der Waals surface area contributed by atoms with Crippen molar-refractivity contribution in [1.82, 2.24) is 5.32 Å². The molecular weight excluding hydrogens is 1090 g/mol. The van der Waals surface area contributed by atoms with Gasteiger partial charge in [-0.15, -0.1) is 0 Å². The summed E-state index contributed by atoms with van der Waals surface area (Å²) in [6.07, 6.45) is 101. The van der Waals surface area contributed by atoms with Gasteiger partial charge in [0.05, 0.1) is 25.4 Å². The largest absolute Gasteiger partial charge is 0.466 e. The van der Waals surface area contributed by atoms with Crippen LogP contribution >= 0.6 is 0 Å². The second kappa shape index (κ2) is 79.0. The molecule has 0 aromatic heterocycles. The topological polar surface area (TPSA) is 95.9 Å². The molecule has 0 aromatic rings. The van der Waals surface area contributed by atoms with Crippen molar-refractivity contribution >= 4 is 11.9 Å². The Hall–Kier alpha value is -1.40. The lowest BCUT2D eigenvalue weighted by atomic mass is 10.0. The summed E-state index contributed by atoms with van der Waals surface area (Å²) in [7, 11) is 0. The van der Waals surface area contributed by atoms with Crippen LogP contribution in [-0.4, -0.2) is 47.4 Å². The molecule has 0 saturated carbocycles. The van der Waals surface area contributed by atoms with Gasteiger partial charge in [0.2, 0.25) is 5.91 Å². The monoisotopic (exact) mass is 1250 g/mol. The number of aliphatic hydroxyl groups excluding tert-OH is 2. The maximum absolute atomic E-state index is 12.6. The van der Waals surface area contributed by atoms with E-state index in [-0.39, 0.29) is 18.5 Å². The third-order valence-electron chi connectivity index (χ3n) is 19.8. The molecule has 89 heavy (non-hydrogen) atoms. The van der Waals surface area contributed by atoms with Gasteiger partial charge in [0.1, 0.15) is 0 Å². The summed E-state index contributed by atoms with van der Waals surface area (Å²) < 4.78 is 5.51. The number of carbonyl (C=O) groups is 2. The average molecular weight is 1260 g/mol. The molecule has 3 N–H and O–H groups in total. The third kappa shape index (κ3) is 75.5. The van der Waals surface area contributed by atoms with Crippen LogP contribution in [0.1, 0.15) is 483 Å². The molecular formula is C83H163NO5. The number of ether oxygens (including phenoxy) is 1. The highest BCUT2D eigenvalue weighted by molar-refractivity contribution is 5.76. The van der Waals surface area contributed by atoms with Crippen LogP contribution in [0.5, 0.6) is 0 Å². The van der Waals surface area contributed by atoms with Gasteiger partial charge in [-0.25, -0.2) is 0 Å². The zero-order chi connectivity index (χ0) is 64.2. The van der Waals surface area contributed by atoms with Crippen molar-refractivity contribution in [2.45, 2.75) is 495 Å². The highest BCUT2D eigenvalue weighted by atomic mass is 16.5. The Morgan fingerprint density at radius 3 is 0.764 bits per heavy atom. The second-order valence-electron chi connectivity index (χ2n) is 28.8. The molecule has 0 saturated heterocycles. The molecule has 6 heteroatoms. The molecule has 0 spiro atoms. The minimum absolute atomic E-state index is 0.0266. The van der Waals surface area contributed by atoms with E-state index in [9.17, 15) is 19.8 Å². The van der Waals surface area contributed by atoms with Gasteiger partial charge in [0, 0.05) is 12.8 Å². The number of nitrogens with one attached hydrogen (secondary N) is 1. The van der Waals surface area contributed by atoms with Gasteiger partial charge >= 0.3 is 5.97 Å². The minimum Gasteiger partial charge on any atom is -0.466 e. The van der Waals surface area contributed by atoms with E-state index in [1.54, 1.807) is 6.08 Å². The molecule has 0 radical (unpaired) electrons. The highest BCUT2D eigenvalue weighted by Crippen LogP contribution is 2.21. The fraction of sp³-hybridized carbons (Fsp3) is 0.952. The summed E-state index contributed by atoms with van der Waals surface area (Å²) in [6, 6.07) is -0.624. The van der Waals surface area contributed by atoms with E-state index in [1.807, 2.05) is 6.08 Å². The fourth-order valence-corrected chi connectivity index (χ4v) is 13.5. The van der Waals surface area contributed by atoms with Crippen LogP contribution in [0.25, 0.3) is 0 Å². The molecule has 0 fully saturated rings. The van der Waals surface area contributed by atoms with Crippen LogP contribution in [0.15, 0.2) is 12.2 Å². The highest BCUT2D eigenvalue weighted by Gasteiger charge is 2.18. The quantitative estimate of drug-likeness (QED) is 0.0320. The van der Waals surface area contributed by atoms with Crippen LogP contribution in [-0.2, 0) is 14.3 Å². The standard InChI is InChI=1S/C83H163NO5/c1-3-5-7-9-11-13-15-17-19-20-21-22-38-41-44-48-51-55-59-63-67-71-75-81(86)80(79-85)84-82(87)76-72-68-64-60-56-52-49-45-42-39-36-34-32-30-28-26-24-23-25-27-29-31-33-35-37-40-43-46-50-54-58-62-66-70-74-78-89-83(88)77-73-69-65-61-57-53-47-18-16-14-12-10-8-6-4-2/h71,75,80-81,85-86H,3-70,72-74,76-79H2,1-2H3,(H,84,87)/b75-71+. The van der Waals surface area contributed by atoms with Gasteiger partial charge < -0.3 is 20.3 Å². The summed E-state index contributed by atoms with van der Waals surface area (Å²) in [5.74, 6) is -0.0304. The number of aliphatic hydroxyl groups is 2. The van der Waals surface area contributed by atoms with Gasteiger partial charge in [-0.2, -0.15) is 0 Å². The van der Waals surface area contributed by atoms with Gasteiger partial charge in [0.25, 0.3) is 0 Å². The SMILES string of the molecule is CCCCCCCCCCCCCCCCCCCCCC/C=C/C(O)C(CO)NC(=O)CCCCCCCCCCCCCCCCCCCCCCCCCCCCCCCCCCCCCOC(=O)CCCCCCCCCCCCCCCCC. The summed E-state index contributed by atoms with van der Waals surface area (Å²) in [4.78, 5) is 24.6. The summed E-state index contributed by atoms with van der Waals surface area (Å²) in [5.41, 5.74) is 0. The van der Waals surface area contributed by atoms with Crippen molar-refractivity contribution in [2.24, 2.45) is 0 Å². The number of hydrogen-bond donors (Lipinski definition) is 3. The van der Waals surface area contributed by atoms with E-state index < -0.39 is 12.1 Å². The maximum Gasteiger partial charge on any atom is 0.305 e. The molecule has 0 aliphatic rings. The zero-order valence-corrected chi connectivity index (χ0v) is 61.0. The Balaban J connectivity index is 3.32. The molecule has 530 valence electrons. The zero-order valence-electron chi connectivity index (χ0n) is 61.0. The lowest BCUT2D eigenvalue weighted by molar-refractivity contribution is -0.143. The minimum atomic E-state index is -0.841. The van der Waals surface area contributed by atoms with Crippen LogP contribution < -0.4 is 5.32 Å². The first-order valence-corrected chi connectivity index (χ1v) is 41.5. The lowest BCUT2D eigenvalue weighted by Gasteiger charge is -2.20. The Morgan fingerprint density at radius 2 is 0.517 bits per heavy atom. The lowest BCUT2D eigenvalue weighted by Crippen LogP contribution is -2.45. The van der Waals surface area contributed by atoms with Crippen molar-refractivity contribution in [2.75, 3.05) is 13.2 Å². The van der Waals surface area contributed by atoms with Crippen molar-refractivity contribution < 1.29 is 24.5 Å². The summed E-state index contributed by atoms with van der Waals surface area (Å²) >= 11 is 0. The van der Waals surface area contributed by atoms with E-state index in [1.165, 1.54) is 417 Å². The Labute approximate surface area is 559 Å². The third-order valence-corrected chi connectivity index (χ3v) is 19.8. The number of hydrogen-bond acceptors (Lipinski definition) is 5. The van der Waals surface area contributed by atoms with Gasteiger partial charge in [-0.1, -0.05) is 450 Å². The molecule has 0 aromatic carbocycles. The van der Waals surface area contributed by atoms with Crippen molar-refractivity contribution in [3.63, 3.8) is 0 Å². The number of esters is 1. The van der Waals surface area contributed by atoms with Crippen molar-refractivity contribution in [3.8, 4) is 0 Å². The second-order valence-corrected chi connectivity index (χ2v) is 28.8. The summed E-state index contributed by atoms with van der Waals surface area (Å²) in [6.45, 7) is 4.97. The molecule has 0 bridgehead atoms. The molecule has 2 unspecified atom stereocenters. The molecule has 6 nitrogen and oxygen atoms in total. The predicted octanol–water partition coefficient (Wildman–Crippen LogP) is 27.4. The first-order valence-electron chi connectivity index (χ1n) is 41.5. The van der Waals surface area contributed by atoms with Gasteiger partial charge in [-0.3, -0.25) is 9.59 Å². The maximum atomic E-state index is 12.6. The Bertz CT molecular complexity index is 1350. The van der Waals surface area contributed by atoms with Crippen LogP contribution in [0, 0.1) is 0 Å². The van der Waals surface area contributed by atoms with Crippen molar-refractivity contribution in [1.29, 1.82) is 0 Å².